The Morgan fingerprint density at radius 1 is 1.22 bits per heavy atom. The minimum Gasteiger partial charge on any atom is -0.381 e. The molecule has 4 heteroatoms. The summed E-state index contributed by atoms with van der Waals surface area (Å²) in [6.45, 7) is 8.19. The minimum absolute atomic E-state index is 0.834. The topological polar surface area (TPSA) is 34.1 Å². The van der Waals surface area contributed by atoms with Crippen LogP contribution in [-0.4, -0.2) is 31.3 Å². The molecule has 0 aliphatic rings. The molecule has 1 rings (SSSR count). The summed E-state index contributed by atoms with van der Waals surface area (Å²) in [6.07, 6.45) is 6.08. The molecular formula is C14H26N2OS. The molecule has 0 spiro atoms. The van der Waals surface area contributed by atoms with Crippen LogP contribution in [-0.2, 0) is 11.2 Å². The molecule has 0 aliphatic heterocycles. The van der Waals surface area contributed by atoms with Crippen molar-refractivity contribution in [1.82, 2.24) is 10.3 Å². The normalized spacial score (nSPS) is 11.0. The molecule has 0 bridgehead atoms. The van der Waals surface area contributed by atoms with Crippen LogP contribution in [0.3, 0.4) is 0 Å². The van der Waals surface area contributed by atoms with Gasteiger partial charge in [-0.15, -0.1) is 11.3 Å². The number of aryl methyl sites for hydroxylation is 1. The second-order valence-corrected chi connectivity index (χ2v) is 5.43. The van der Waals surface area contributed by atoms with Gasteiger partial charge in [-0.2, -0.15) is 0 Å². The molecule has 0 radical (unpaired) electrons. The van der Waals surface area contributed by atoms with Crippen molar-refractivity contribution in [2.45, 2.75) is 46.0 Å². The largest absolute Gasteiger partial charge is 0.381 e. The predicted molar refractivity (Wildman–Crippen MR) is 78.4 cm³/mol. The van der Waals surface area contributed by atoms with Gasteiger partial charge in [-0.1, -0.05) is 19.8 Å². The standard InChI is InChI=1S/C14H26N2OS/c1-3-15-9-6-4-5-7-10-17-11-8-14-13(2)16-12-18-14/h12,15H,3-11H2,1-2H3. The Kier molecular flexibility index (Phi) is 9.08. The van der Waals surface area contributed by atoms with Crippen molar-refractivity contribution >= 4 is 11.3 Å². The summed E-state index contributed by atoms with van der Waals surface area (Å²) in [5, 5.41) is 3.34. The monoisotopic (exact) mass is 270 g/mol. The third kappa shape index (κ3) is 7.09. The van der Waals surface area contributed by atoms with E-state index < -0.39 is 0 Å². The Morgan fingerprint density at radius 3 is 2.78 bits per heavy atom. The second-order valence-electron chi connectivity index (χ2n) is 4.49. The van der Waals surface area contributed by atoms with Gasteiger partial charge in [0.05, 0.1) is 17.8 Å². The molecule has 1 heterocycles. The fourth-order valence-corrected chi connectivity index (χ4v) is 2.58. The van der Waals surface area contributed by atoms with Crippen molar-refractivity contribution in [3.8, 4) is 0 Å². The van der Waals surface area contributed by atoms with E-state index in [4.69, 9.17) is 4.74 Å². The van der Waals surface area contributed by atoms with E-state index in [1.165, 1.54) is 30.6 Å². The number of nitrogens with zero attached hydrogens (tertiary/aromatic N) is 1. The Balaban J connectivity index is 1.83. The summed E-state index contributed by atoms with van der Waals surface area (Å²) in [5.74, 6) is 0. The van der Waals surface area contributed by atoms with Crippen molar-refractivity contribution in [3.05, 3.63) is 16.1 Å². The van der Waals surface area contributed by atoms with Gasteiger partial charge in [0.15, 0.2) is 0 Å². The summed E-state index contributed by atoms with van der Waals surface area (Å²) >= 11 is 1.73. The van der Waals surface area contributed by atoms with Gasteiger partial charge in [0, 0.05) is 17.9 Å². The first kappa shape index (κ1) is 15.6. The van der Waals surface area contributed by atoms with E-state index >= 15 is 0 Å². The molecule has 0 atom stereocenters. The van der Waals surface area contributed by atoms with Gasteiger partial charge in [0.2, 0.25) is 0 Å². The van der Waals surface area contributed by atoms with Gasteiger partial charge >= 0.3 is 0 Å². The number of rotatable bonds is 11. The third-order valence-corrected chi connectivity index (χ3v) is 3.96. The fourth-order valence-electron chi connectivity index (χ4n) is 1.82. The lowest BCUT2D eigenvalue weighted by molar-refractivity contribution is 0.133. The smallest absolute Gasteiger partial charge is 0.0797 e. The van der Waals surface area contributed by atoms with E-state index in [2.05, 4.69) is 24.1 Å². The molecule has 18 heavy (non-hydrogen) atoms. The van der Waals surface area contributed by atoms with Crippen LogP contribution < -0.4 is 5.32 Å². The third-order valence-electron chi connectivity index (χ3n) is 2.96. The number of thiazole rings is 1. The minimum atomic E-state index is 0.834. The number of nitrogens with one attached hydrogen (secondary N) is 1. The van der Waals surface area contributed by atoms with Crippen molar-refractivity contribution in [1.29, 1.82) is 0 Å². The summed E-state index contributed by atoms with van der Waals surface area (Å²) in [6, 6.07) is 0. The molecule has 0 aromatic carbocycles. The summed E-state index contributed by atoms with van der Waals surface area (Å²) in [7, 11) is 0. The first-order valence-corrected chi connectivity index (χ1v) is 7.90. The van der Waals surface area contributed by atoms with E-state index in [0.717, 1.165) is 38.4 Å². The molecule has 0 amide bonds. The second kappa shape index (κ2) is 10.5. The lowest BCUT2D eigenvalue weighted by atomic mass is 10.2. The van der Waals surface area contributed by atoms with Crippen LogP contribution in [0.2, 0.25) is 0 Å². The Bertz CT molecular complexity index is 302. The van der Waals surface area contributed by atoms with E-state index in [0.29, 0.717) is 0 Å². The van der Waals surface area contributed by atoms with Crippen LogP contribution in [0.25, 0.3) is 0 Å². The average molecular weight is 270 g/mol. The van der Waals surface area contributed by atoms with E-state index in [1.807, 2.05) is 5.51 Å². The van der Waals surface area contributed by atoms with Gasteiger partial charge in [0.1, 0.15) is 0 Å². The van der Waals surface area contributed by atoms with Crippen LogP contribution in [0.4, 0.5) is 0 Å². The van der Waals surface area contributed by atoms with Crippen LogP contribution in [0.1, 0.15) is 43.2 Å². The number of hydrogen-bond donors (Lipinski definition) is 1. The number of unbranched alkanes of at least 4 members (excludes halogenated alkanes) is 3. The molecule has 3 nitrogen and oxygen atoms in total. The Hall–Kier alpha value is -0.450. The molecule has 104 valence electrons. The molecule has 1 aromatic heterocycles. The predicted octanol–water partition coefficient (Wildman–Crippen LogP) is 3.18. The molecule has 1 N–H and O–H groups in total. The SMILES string of the molecule is CCNCCCCCCOCCc1scnc1C. The van der Waals surface area contributed by atoms with Crippen LogP contribution in [0.15, 0.2) is 5.51 Å². The molecule has 0 unspecified atom stereocenters. The quantitative estimate of drug-likeness (QED) is 0.627. The summed E-state index contributed by atoms with van der Waals surface area (Å²) < 4.78 is 5.65. The van der Waals surface area contributed by atoms with Gasteiger partial charge in [-0.25, -0.2) is 4.98 Å². The van der Waals surface area contributed by atoms with E-state index in [9.17, 15) is 0 Å². The Morgan fingerprint density at radius 2 is 2.06 bits per heavy atom. The number of ether oxygens (including phenoxy) is 1. The van der Waals surface area contributed by atoms with Crippen LogP contribution in [0.5, 0.6) is 0 Å². The highest BCUT2D eigenvalue weighted by Gasteiger charge is 2.00. The number of hydrogen-bond acceptors (Lipinski definition) is 4. The van der Waals surface area contributed by atoms with Gasteiger partial charge in [0.25, 0.3) is 0 Å². The summed E-state index contributed by atoms with van der Waals surface area (Å²) in [4.78, 5) is 5.60. The molecule has 0 fully saturated rings. The van der Waals surface area contributed by atoms with Crippen molar-refractivity contribution < 1.29 is 4.74 Å². The number of aromatic nitrogens is 1. The van der Waals surface area contributed by atoms with Crippen molar-refractivity contribution in [2.75, 3.05) is 26.3 Å². The zero-order valence-electron chi connectivity index (χ0n) is 11.7. The zero-order chi connectivity index (χ0) is 13.1. The lowest BCUT2D eigenvalue weighted by Gasteiger charge is -2.04. The highest BCUT2D eigenvalue weighted by atomic mass is 32.1. The highest BCUT2D eigenvalue weighted by Crippen LogP contribution is 2.12. The molecule has 0 saturated heterocycles. The summed E-state index contributed by atoms with van der Waals surface area (Å²) in [5.41, 5.74) is 3.07. The van der Waals surface area contributed by atoms with Crippen molar-refractivity contribution in [3.63, 3.8) is 0 Å². The molecule has 0 aliphatic carbocycles. The Labute approximate surface area is 115 Å². The van der Waals surface area contributed by atoms with Crippen molar-refractivity contribution in [2.24, 2.45) is 0 Å². The van der Waals surface area contributed by atoms with Gasteiger partial charge in [-0.3, -0.25) is 0 Å². The molecule has 1 aromatic rings. The van der Waals surface area contributed by atoms with Gasteiger partial charge in [-0.05, 0) is 32.9 Å². The maximum Gasteiger partial charge on any atom is 0.0797 e. The first-order chi connectivity index (χ1) is 8.84. The average Bonchev–Trinajstić information content (AvgIpc) is 2.77. The highest BCUT2D eigenvalue weighted by molar-refractivity contribution is 7.09. The zero-order valence-corrected chi connectivity index (χ0v) is 12.5. The lowest BCUT2D eigenvalue weighted by Crippen LogP contribution is -2.13. The van der Waals surface area contributed by atoms with E-state index in [1.54, 1.807) is 11.3 Å². The molecular weight excluding hydrogens is 244 g/mol. The van der Waals surface area contributed by atoms with E-state index in [-0.39, 0.29) is 0 Å². The van der Waals surface area contributed by atoms with Crippen LogP contribution in [0, 0.1) is 6.92 Å². The molecule has 0 saturated carbocycles. The maximum atomic E-state index is 5.65. The maximum absolute atomic E-state index is 5.65. The van der Waals surface area contributed by atoms with Gasteiger partial charge < -0.3 is 10.1 Å². The fraction of sp³-hybridized carbons (Fsp3) is 0.786. The van der Waals surface area contributed by atoms with Crippen LogP contribution >= 0.6 is 11.3 Å². The first-order valence-electron chi connectivity index (χ1n) is 7.02.